The Bertz CT molecular complexity index is 960. The smallest absolute Gasteiger partial charge is 0.268 e. The molecule has 2 heterocycles. The van der Waals surface area contributed by atoms with Crippen LogP contribution in [-0.2, 0) is 21.2 Å². The number of benzene rings is 1. The Balaban J connectivity index is 1.90. The van der Waals surface area contributed by atoms with Gasteiger partial charge in [-0.25, -0.2) is 8.42 Å². The van der Waals surface area contributed by atoms with E-state index in [-0.39, 0.29) is 29.5 Å². The molecule has 1 N–H and O–H groups in total. The summed E-state index contributed by atoms with van der Waals surface area (Å²) in [5, 5.41) is 19.0. The van der Waals surface area contributed by atoms with Crippen LogP contribution in [0, 0.1) is 11.8 Å². The number of azo groups is 1. The van der Waals surface area contributed by atoms with E-state index in [1.54, 1.807) is 4.57 Å². The monoisotopic (exact) mass is 377 g/mol. The fourth-order valence-corrected chi connectivity index (χ4v) is 4.89. The van der Waals surface area contributed by atoms with E-state index in [1.165, 1.54) is 0 Å². The van der Waals surface area contributed by atoms with Crippen LogP contribution in [0.3, 0.4) is 0 Å². The van der Waals surface area contributed by atoms with Crippen LogP contribution in [0.2, 0.25) is 0 Å². The molecule has 1 atom stereocenters. The Labute approximate surface area is 152 Å². The fourth-order valence-electron chi connectivity index (χ4n) is 3.15. The molecule has 1 fully saturated rings. The van der Waals surface area contributed by atoms with E-state index in [0.29, 0.717) is 17.8 Å². The third kappa shape index (κ3) is 3.80. The summed E-state index contributed by atoms with van der Waals surface area (Å²) in [6.45, 7) is 4.85. The molecule has 26 heavy (non-hydrogen) atoms. The average molecular weight is 377 g/mol. The molecule has 8 heteroatoms. The molecule has 1 saturated heterocycles. The highest BCUT2D eigenvalue weighted by molar-refractivity contribution is 7.91. The van der Waals surface area contributed by atoms with Crippen molar-refractivity contribution in [1.29, 1.82) is 0 Å². The van der Waals surface area contributed by atoms with Gasteiger partial charge in [0, 0.05) is 11.9 Å². The van der Waals surface area contributed by atoms with Crippen LogP contribution in [-0.4, -0.2) is 35.5 Å². The Morgan fingerprint density at radius 2 is 2.08 bits per heavy atom. The van der Waals surface area contributed by atoms with Gasteiger partial charge in [0.2, 0.25) is 5.88 Å². The highest BCUT2D eigenvalue weighted by atomic mass is 32.2. The highest BCUT2D eigenvalue weighted by Gasteiger charge is 2.33. The number of hydrogen-bond acceptors (Lipinski definition) is 5. The molecule has 0 spiro atoms. The number of nitrogens with zero attached hydrogens (tertiary/aromatic N) is 3. The lowest BCUT2D eigenvalue weighted by atomic mass is 10.1. The van der Waals surface area contributed by atoms with Gasteiger partial charge >= 0.3 is 0 Å². The summed E-state index contributed by atoms with van der Waals surface area (Å²) in [7, 11) is -3.15. The maximum atomic E-state index is 12.2. The first kappa shape index (κ1) is 18.6. The summed E-state index contributed by atoms with van der Waals surface area (Å²) in [6.07, 6.45) is 1.17. The van der Waals surface area contributed by atoms with Crippen molar-refractivity contribution in [2.45, 2.75) is 33.2 Å². The third-order valence-electron chi connectivity index (χ3n) is 4.68. The summed E-state index contributed by atoms with van der Waals surface area (Å²) in [4.78, 5) is 12.2. The Morgan fingerprint density at radius 3 is 2.73 bits per heavy atom. The number of rotatable bonds is 5. The molecule has 1 aromatic heterocycles. The second-order valence-electron chi connectivity index (χ2n) is 7.16. The lowest BCUT2D eigenvalue weighted by Gasteiger charge is -2.08. The average Bonchev–Trinajstić information content (AvgIpc) is 3.08. The number of amides is 1. The van der Waals surface area contributed by atoms with Crippen molar-refractivity contribution < 1.29 is 18.3 Å². The first-order chi connectivity index (χ1) is 12.3. The first-order valence-corrected chi connectivity index (χ1v) is 10.6. The van der Waals surface area contributed by atoms with Crippen molar-refractivity contribution in [3.63, 3.8) is 0 Å². The number of aromatic nitrogens is 1. The number of fused-ring (bicyclic) bond motifs is 1. The van der Waals surface area contributed by atoms with Crippen molar-refractivity contribution >= 4 is 32.3 Å². The van der Waals surface area contributed by atoms with Crippen molar-refractivity contribution in [3.05, 3.63) is 24.3 Å². The van der Waals surface area contributed by atoms with Gasteiger partial charge in [0.15, 0.2) is 15.5 Å². The number of hydrogen-bond donors (Lipinski definition) is 1. The molecular weight excluding hydrogens is 354 g/mol. The van der Waals surface area contributed by atoms with Gasteiger partial charge in [-0.3, -0.25) is 4.79 Å². The molecule has 0 bridgehead atoms. The van der Waals surface area contributed by atoms with E-state index in [0.717, 1.165) is 11.9 Å². The van der Waals surface area contributed by atoms with Gasteiger partial charge in [-0.1, -0.05) is 32.0 Å². The molecule has 0 saturated carbocycles. The molecule has 1 aromatic carbocycles. The van der Waals surface area contributed by atoms with E-state index >= 15 is 0 Å². The topological polar surface area (TPSA) is 101 Å². The summed E-state index contributed by atoms with van der Waals surface area (Å²) in [5.41, 5.74) is 1.08. The van der Waals surface area contributed by atoms with E-state index in [9.17, 15) is 18.3 Å². The van der Waals surface area contributed by atoms with Crippen molar-refractivity contribution in [1.82, 2.24) is 4.57 Å². The van der Waals surface area contributed by atoms with Gasteiger partial charge in [-0.15, -0.1) is 10.2 Å². The predicted molar refractivity (Wildman–Crippen MR) is 99.3 cm³/mol. The molecule has 2 aromatic rings. The molecule has 1 aliphatic heterocycles. The van der Waals surface area contributed by atoms with Gasteiger partial charge in [0.05, 0.1) is 22.9 Å². The van der Waals surface area contributed by atoms with Gasteiger partial charge < -0.3 is 9.67 Å². The molecule has 0 radical (unpaired) electrons. The van der Waals surface area contributed by atoms with Gasteiger partial charge in [-0.05, 0) is 24.8 Å². The van der Waals surface area contributed by atoms with Crippen molar-refractivity contribution in [3.8, 4) is 5.88 Å². The second kappa shape index (κ2) is 7.19. The number of sulfone groups is 1. The zero-order valence-electron chi connectivity index (χ0n) is 14.9. The summed E-state index contributed by atoms with van der Waals surface area (Å²) >= 11 is 0. The number of aryl methyl sites for hydroxylation is 1. The van der Waals surface area contributed by atoms with E-state index < -0.39 is 21.7 Å². The summed E-state index contributed by atoms with van der Waals surface area (Å²) in [5.74, 6) is -0.898. The minimum absolute atomic E-state index is 0.0126. The van der Waals surface area contributed by atoms with Crippen LogP contribution in [0.25, 0.3) is 10.9 Å². The Morgan fingerprint density at radius 1 is 1.35 bits per heavy atom. The fraction of sp³-hybridized carbons (Fsp3) is 0.500. The molecular formula is C18H23N3O4S. The number of para-hydroxylation sites is 1. The van der Waals surface area contributed by atoms with Crippen LogP contribution in [0.5, 0.6) is 5.88 Å². The SMILES string of the molecule is CC(C)CCn1c(O)c(N=NC(=O)[C@H]2CCS(=O)(=O)C2)c2ccccc21. The Hall–Kier alpha value is -2.22. The number of carbonyl (C=O) groups is 1. The molecule has 140 valence electrons. The summed E-state index contributed by atoms with van der Waals surface area (Å²) in [6, 6.07) is 7.42. The first-order valence-electron chi connectivity index (χ1n) is 8.74. The summed E-state index contributed by atoms with van der Waals surface area (Å²) < 4.78 is 24.8. The van der Waals surface area contributed by atoms with Crippen LogP contribution < -0.4 is 0 Å². The van der Waals surface area contributed by atoms with E-state index in [1.807, 2.05) is 24.3 Å². The zero-order chi connectivity index (χ0) is 18.9. The highest BCUT2D eigenvalue weighted by Crippen LogP contribution is 2.39. The number of aromatic hydroxyl groups is 1. The van der Waals surface area contributed by atoms with Crippen molar-refractivity contribution in [2.24, 2.45) is 22.1 Å². The van der Waals surface area contributed by atoms with E-state index in [2.05, 4.69) is 24.1 Å². The Kier molecular flexibility index (Phi) is 5.13. The van der Waals surface area contributed by atoms with Gasteiger partial charge in [0.25, 0.3) is 5.91 Å². The van der Waals surface area contributed by atoms with E-state index in [4.69, 9.17) is 0 Å². The zero-order valence-corrected chi connectivity index (χ0v) is 15.7. The quantitative estimate of drug-likeness (QED) is 0.806. The maximum Gasteiger partial charge on any atom is 0.268 e. The van der Waals surface area contributed by atoms with Gasteiger partial charge in [0.1, 0.15) is 0 Å². The largest absolute Gasteiger partial charge is 0.493 e. The molecule has 7 nitrogen and oxygen atoms in total. The minimum Gasteiger partial charge on any atom is -0.493 e. The molecule has 1 amide bonds. The van der Waals surface area contributed by atoms with Gasteiger partial charge in [-0.2, -0.15) is 0 Å². The lowest BCUT2D eigenvalue weighted by molar-refractivity contribution is -0.121. The minimum atomic E-state index is -3.15. The molecule has 3 rings (SSSR count). The van der Waals surface area contributed by atoms with Crippen LogP contribution in [0.4, 0.5) is 5.69 Å². The molecule has 0 aliphatic carbocycles. The van der Waals surface area contributed by atoms with Crippen LogP contribution >= 0.6 is 0 Å². The molecule has 1 aliphatic rings. The number of carbonyl (C=O) groups excluding carboxylic acids is 1. The third-order valence-corrected chi connectivity index (χ3v) is 6.45. The standard InChI is InChI=1S/C18H23N3O4S/c1-12(2)7-9-21-15-6-4-3-5-14(15)16(18(21)23)19-20-17(22)13-8-10-26(24,25)11-13/h3-6,12-13,23H,7-11H2,1-2H3/t13-/m0/s1. The van der Waals surface area contributed by atoms with Crippen LogP contribution in [0.15, 0.2) is 34.5 Å². The van der Waals surface area contributed by atoms with Crippen molar-refractivity contribution in [2.75, 3.05) is 11.5 Å². The lowest BCUT2D eigenvalue weighted by Crippen LogP contribution is -2.13. The molecule has 0 unspecified atom stereocenters. The normalized spacial score (nSPS) is 19.7. The van der Waals surface area contributed by atoms with Crippen LogP contribution in [0.1, 0.15) is 26.7 Å². The predicted octanol–water partition coefficient (Wildman–Crippen LogP) is 3.44. The second-order valence-corrected chi connectivity index (χ2v) is 9.39. The maximum absolute atomic E-state index is 12.2.